The van der Waals surface area contributed by atoms with Gasteiger partial charge in [0.25, 0.3) is 0 Å². The average Bonchev–Trinajstić information content (AvgIpc) is 2.19. The Morgan fingerprint density at radius 1 is 1.07 bits per heavy atom. The van der Waals surface area contributed by atoms with Crippen molar-refractivity contribution in [1.29, 1.82) is 0 Å². The second-order valence-corrected chi connectivity index (χ2v) is 4.58. The molecular formula is C14H22O. The summed E-state index contributed by atoms with van der Waals surface area (Å²) in [6.45, 7) is 6.66. The molecule has 0 fully saturated rings. The third-order valence-electron chi connectivity index (χ3n) is 3.16. The van der Waals surface area contributed by atoms with E-state index in [0.717, 1.165) is 31.2 Å². The quantitative estimate of drug-likeness (QED) is 0.763. The van der Waals surface area contributed by atoms with Crippen LogP contribution in [-0.2, 0) is 5.41 Å². The standard InChI is InChI=1S/C14H22O/c1-4-10-14(3,11-5-2)12-8-6-7-9-13(12)15/h6-9,15H,4-5,10-11H2,1-3H3. The van der Waals surface area contributed by atoms with Crippen LogP contribution in [0.25, 0.3) is 0 Å². The smallest absolute Gasteiger partial charge is 0.119 e. The zero-order valence-electron chi connectivity index (χ0n) is 10.1. The van der Waals surface area contributed by atoms with Crippen LogP contribution < -0.4 is 0 Å². The van der Waals surface area contributed by atoms with Crippen molar-refractivity contribution in [1.82, 2.24) is 0 Å². The summed E-state index contributed by atoms with van der Waals surface area (Å²) >= 11 is 0. The van der Waals surface area contributed by atoms with Crippen molar-refractivity contribution in [3.63, 3.8) is 0 Å². The summed E-state index contributed by atoms with van der Waals surface area (Å²) in [4.78, 5) is 0. The van der Waals surface area contributed by atoms with Gasteiger partial charge in [0, 0.05) is 0 Å². The van der Waals surface area contributed by atoms with Crippen molar-refractivity contribution < 1.29 is 5.11 Å². The molecule has 0 aliphatic carbocycles. The molecule has 1 aromatic carbocycles. The molecule has 1 N–H and O–H groups in total. The summed E-state index contributed by atoms with van der Waals surface area (Å²) in [5.74, 6) is 0.446. The van der Waals surface area contributed by atoms with E-state index < -0.39 is 0 Å². The van der Waals surface area contributed by atoms with Crippen LogP contribution in [0.15, 0.2) is 24.3 Å². The summed E-state index contributed by atoms with van der Waals surface area (Å²) in [6, 6.07) is 7.75. The number of phenolic OH excluding ortho intramolecular Hbond substituents is 1. The Bertz CT molecular complexity index is 298. The molecule has 1 aromatic rings. The predicted octanol–water partition coefficient (Wildman–Crippen LogP) is 4.25. The number of hydrogen-bond donors (Lipinski definition) is 1. The van der Waals surface area contributed by atoms with Crippen molar-refractivity contribution in [3.05, 3.63) is 29.8 Å². The molecule has 0 bridgehead atoms. The van der Waals surface area contributed by atoms with Crippen LogP contribution in [0.2, 0.25) is 0 Å². The maximum atomic E-state index is 9.90. The average molecular weight is 206 g/mol. The van der Waals surface area contributed by atoms with E-state index in [-0.39, 0.29) is 5.41 Å². The first-order valence-corrected chi connectivity index (χ1v) is 5.92. The van der Waals surface area contributed by atoms with Gasteiger partial charge in [-0.05, 0) is 29.9 Å². The highest BCUT2D eigenvalue weighted by atomic mass is 16.3. The molecule has 0 amide bonds. The first kappa shape index (κ1) is 12.1. The van der Waals surface area contributed by atoms with Crippen LogP contribution in [0.3, 0.4) is 0 Å². The van der Waals surface area contributed by atoms with Crippen molar-refractivity contribution in [2.75, 3.05) is 0 Å². The predicted molar refractivity (Wildman–Crippen MR) is 65.3 cm³/mol. The van der Waals surface area contributed by atoms with E-state index >= 15 is 0 Å². The number of rotatable bonds is 5. The largest absolute Gasteiger partial charge is 0.508 e. The number of aromatic hydroxyl groups is 1. The minimum absolute atomic E-state index is 0.134. The van der Waals surface area contributed by atoms with Gasteiger partial charge < -0.3 is 5.11 Å². The lowest BCUT2D eigenvalue weighted by molar-refractivity contribution is 0.367. The van der Waals surface area contributed by atoms with Crippen LogP contribution in [0, 0.1) is 0 Å². The third kappa shape index (κ3) is 2.74. The van der Waals surface area contributed by atoms with Gasteiger partial charge in [0.15, 0.2) is 0 Å². The highest BCUT2D eigenvalue weighted by Gasteiger charge is 2.26. The molecule has 0 aromatic heterocycles. The fourth-order valence-corrected chi connectivity index (χ4v) is 2.48. The molecule has 0 atom stereocenters. The summed E-state index contributed by atoms with van der Waals surface area (Å²) < 4.78 is 0. The number of phenols is 1. The number of hydrogen-bond acceptors (Lipinski definition) is 1. The molecule has 0 saturated heterocycles. The summed E-state index contributed by atoms with van der Waals surface area (Å²) in [7, 11) is 0. The molecule has 0 aliphatic rings. The molecule has 1 nitrogen and oxygen atoms in total. The zero-order chi connectivity index (χ0) is 11.3. The Morgan fingerprint density at radius 2 is 1.60 bits per heavy atom. The second-order valence-electron chi connectivity index (χ2n) is 4.58. The van der Waals surface area contributed by atoms with Crippen molar-refractivity contribution >= 4 is 0 Å². The molecule has 0 aliphatic heterocycles. The minimum atomic E-state index is 0.134. The van der Waals surface area contributed by atoms with Gasteiger partial charge in [0.1, 0.15) is 5.75 Å². The molecule has 0 saturated carbocycles. The van der Waals surface area contributed by atoms with Crippen molar-refractivity contribution in [2.45, 2.75) is 51.9 Å². The summed E-state index contributed by atoms with van der Waals surface area (Å²) in [5.41, 5.74) is 1.24. The highest BCUT2D eigenvalue weighted by molar-refractivity contribution is 5.37. The van der Waals surface area contributed by atoms with Crippen LogP contribution in [0.4, 0.5) is 0 Å². The van der Waals surface area contributed by atoms with E-state index in [4.69, 9.17) is 0 Å². The lowest BCUT2D eigenvalue weighted by atomic mass is 9.75. The molecule has 84 valence electrons. The van der Waals surface area contributed by atoms with Gasteiger partial charge in [0.05, 0.1) is 0 Å². The SMILES string of the molecule is CCCC(C)(CCC)c1ccccc1O. The van der Waals surface area contributed by atoms with E-state index in [1.807, 2.05) is 12.1 Å². The number of benzene rings is 1. The first-order chi connectivity index (χ1) is 7.14. The van der Waals surface area contributed by atoms with Gasteiger partial charge >= 0.3 is 0 Å². The van der Waals surface area contributed by atoms with Crippen LogP contribution in [0.5, 0.6) is 5.75 Å². The molecule has 1 heteroatoms. The van der Waals surface area contributed by atoms with E-state index in [2.05, 4.69) is 26.8 Å². The Hall–Kier alpha value is -0.980. The van der Waals surface area contributed by atoms with Gasteiger partial charge in [-0.3, -0.25) is 0 Å². The monoisotopic (exact) mass is 206 g/mol. The van der Waals surface area contributed by atoms with Crippen LogP contribution in [0.1, 0.15) is 52.0 Å². The van der Waals surface area contributed by atoms with E-state index in [0.29, 0.717) is 5.75 Å². The van der Waals surface area contributed by atoms with Gasteiger partial charge in [0.2, 0.25) is 0 Å². The van der Waals surface area contributed by atoms with E-state index in [1.54, 1.807) is 6.07 Å². The maximum absolute atomic E-state index is 9.90. The Morgan fingerprint density at radius 3 is 2.07 bits per heavy atom. The summed E-state index contributed by atoms with van der Waals surface area (Å²) in [6.07, 6.45) is 4.59. The maximum Gasteiger partial charge on any atom is 0.119 e. The lowest BCUT2D eigenvalue weighted by Crippen LogP contribution is -2.21. The van der Waals surface area contributed by atoms with E-state index in [9.17, 15) is 5.11 Å². The number of para-hydroxylation sites is 1. The molecule has 15 heavy (non-hydrogen) atoms. The van der Waals surface area contributed by atoms with Crippen LogP contribution >= 0.6 is 0 Å². The molecular weight excluding hydrogens is 184 g/mol. The van der Waals surface area contributed by atoms with Crippen molar-refractivity contribution in [2.24, 2.45) is 0 Å². The third-order valence-corrected chi connectivity index (χ3v) is 3.16. The fourth-order valence-electron chi connectivity index (χ4n) is 2.48. The van der Waals surface area contributed by atoms with Crippen molar-refractivity contribution in [3.8, 4) is 5.75 Å². The van der Waals surface area contributed by atoms with Crippen LogP contribution in [-0.4, -0.2) is 5.11 Å². The van der Waals surface area contributed by atoms with Gasteiger partial charge in [-0.1, -0.05) is 51.8 Å². The first-order valence-electron chi connectivity index (χ1n) is 5.92. The summed E-state index contributed by atoms with van der Waals surface area (Å²) in [5, 5.41) is 9.90. The van der Waals surface area contributed by atoms with Gasteiger partial charge in [-0.15, -0.1) is 0 Å². The molecule has 0 spiro atoms. The topological polar surface area (TPSA) is 20.2 Å². The Labute approximate surface area is 93.1 Å². The lowest BCUT2D eigenvalue weighted by Gasteiger charge is -2.30. The molecule has 0 unspecified atom stereocenters. The second kappa shape index (κ2) is 5.20. The fraction of sp³-hybridized carbons (Fsp3) is 0.571. The minimum Gasteiger partial charge on any atom is -0.508 e. The van der Waals surface area contributed by atoms with Gasteiger partial charge in [-0.2, -0.15) is 0 Å². The molecule has 1 rings (SSSR count). The normalized spacial score (nSPS) is 11.7. The van der Waals surface area contributed by atoms with Gasteiger partial charge in [-0.25, -0.2) is 0 Å². The Balaban J connectivity index is 3.03. The molecule has 0 heterocycles. The zero-order valence-corrected chi connectivity index (χ0v) is 10.1. The molecule has 0 radical (unpaired) electrons. The Kier molecular flexibility index (Phi) is 4.19. The van der Waals surface area contributed by atoms with E-state index in [1.165, 1.54) is 0 Å². The highest BCUT2D eigenvalue weighted by Crippen LogP contribution is 2.38.